The number of nitro benzene ring substituents is 1. The summed E-state index contributed by atoms with van der Waals surface area (Å²) < 4.78 is 5.69. The summed E-state index contributed by atoms with van der Waals surface area (Å²) in [6, 6.07) is 13.5. The number of nitrogens with one attached hydrogen (secondary N) is 1. The quantitative estimate of drug-likeness (QED) is 0.446. The van der Waals surface area contributed by atoms with E-state index in [1.807, 2.05) is 31.2 Å². The first-order valence-corrected chi connectivity index (χ1v) is 8.30. The lowest BCUT2D eigenvalue weighted by molar-refractivity contribution is -0.385. The van der Waals surface area contributed by atoms with E-state index in [1.165, 1.54) is 12.3 Å². The van der Waals surface area contributed by atoms with Crippen LogP contribution in [0.15, 0.2) is 53.6 Å². The number of nitrogens with zero attached hydrogens (tertiary/aromatic N) is 2. The third kappa shape index (κ3) is 5.70. The zero-order valence-electron chi connectivity index (χ0n) is 14.7. The standard InChI is InChI=1S/C19H21N3O4/c1-3-14(2)26-17-10-8-15(9-11-17)13-20-21-19(23)12-16-6-4-5-7-18(16)22(24)25/h4-11,13-14H,3,12H2,1-2H3,(H,21,23)/b20-13+/t14-/m0/s1. The molecule has 2 aromatic carbocycles. The number of ether oxygens (including phenoxy) is 1. The number of hydrazone groups is 1. The van der Waals surface area contributed by atoms with Gasteiger partial charge in [-0.2, -0.15) is 5.10 Å². The minimum absolute atomic E-state index is 0.0801. The Morgan fingerprint density at radius 2 is 1.96 bits per heavy atom. The number of rotatable bonds is 8. The van der Waals surface area contributed by atoms with Crippen LogP contribution in [0.5, 0.6) is 5.75 Å². The van der Waals surface area contributed by atoms with E-state index in [0.717, 1.165) is 17.7 Å². The molecule has 7 nitrogen and oxygen atoms in total. The minimum Gasteiger partial charge on any atom is -0.491 e. The SMILES string of the molecule is CC[C@H](C)Oc1ccc(/C=N/NC(=O)Cc2ccccc2[N+](=O)[O-])cc1. The maximum absolute atomic E-state index is 11.9. The van der Waals surface area contributed by atoms with Crippen molar-refractivity contribution in [2.24, 2.45) is 5.10 Å². The maximum atomic E-state index is 11.9. The van der Waals surface area contributed by atoms with Gasteiger partial charge in [0.25, 0.3) is 5.69 Å². The normalized spacial score (nSPS) is 11.9. The van der Waals surface area contributed by atoms with E-state index in [9.17, 15) is 14.9 Å². The first-order chi connectivity index (χ1) is 12.5. The highest BCUT2D eigenvalue weighted by Gasteiger charge is 2.14. The summed E-state index contributed by atoms with van der Waals surface area (Å²) in [4.78, 5) is 22.4. The van der Waals surface area contributed by atoms with Gasteiger partial charge in [0, 0.05) is 11.6 Å². The van der Waals surface area contributed by atoms with Crippen LogP contribution in [-0.4, -0.2) is 23.1 Å². The molecule has 0 aliphatic heterocycles. The van der Waals surface area contributed by atoms with Crippen molar-refractivity contribution in [3.05, 3.63) is 69.8 Å². The van der Waals surface area contributed by atoms with Crippen molar-refractivity contribution in [2.45, 2.75) is 32.8 Å². The van der Waals surface area contributed by atoms with Gasteiger partial charge in [-0.05, 0) is 43.2 Å². The number of hydrogen-bond acceptors (Lipinski definition) is 5. The van der Waals surface area contributed by atoms with Gasteiger partial charge in [0.2, 0.25) is 5.91 Å². The first kappa shape index (κ1) is 19.1. The van der Waals surface area contributed by atoms with Crippen LogP contribution < -0.4 is 10.2 Å². The van der Waals surface area contributed by atoms with Crippen LogP contribution >= 0.6 is 0 Å². The highest BCUT2D eigenvalue weighted by Crippen LogP contribution is 2.18. The fraction of sp³-hybridized carbons (Fsp3) is 0.263. The summed E-state index contributed by atoms with van der Waals surface area (Å²) in [7, 11) is 0. The third-order valence-electron chi connectivity index (χ3n) is 3.73. The molecule has 0 spiro atoms. The molecular formula is C19H21N3O4. The molecule has 0 radical (unpaired) electrons. The number of hydrogen-bond donors (Lipinski definition) is 1. The highest BCUT2D eigenvalue weighted by atomic mass is 16.6. The topological polar surface area (TPSA) is 93.8 Å². The van der Waals surface area contributed by atoms with Crippen LogP contribution in [0.1, 0.15) is 31.4 Å². The molecule has 7 heteroatoms. The highest BCUT2D eigenvalue weighted by molar-refractivity contribution is 5.83. The molecule has 0 fully saturated rings. The van der Waals surface area contributed by atoms with Crippen molar-refractivity contribution in [3.8, 4) is 5.75 Å². The van der Waals surface area contributed by atoms with Gasteiger partial charge in [-0.1, -0.05) is 25.1 Å². The Labute approximate surface area is 151 Å². The third-order valence-corrected chi connectivity index (χ3v) is 3.73. The number of carbonyl (C=O) groups is 1. The summed E-state index contributed by atoms with van der Waals surface area (Å²) in [6.07, 6.45) is 2.46. The molecule has 0 aliphatic carbocycles. The lowest BCUT2D eigenvalue weighted by Gasteiger charge is -2.12. The summed E-state index contributed by atoms with van der Waals surface area (Å²) in [5.41, 5.74) is 3.44. The van der Waals surface area contributed by atoms with Crippen molar-refractivity contribution in [1.29, 1.82) is 0 Å². The fourth-order valence-electron chi connectivity index (χ4n) is 2.18. The molecule has 0 saturated heterocycles. The smallest absolute Gasteiger partial charge is 0.273 e. The largest absolute Gasteiger partial charge is 0.491 e. The first-order valence-electron chi connectivity index (χ1n) is 8.30. The van der Waals surface area contributed by atoms with E-state index in [-0.39, 0.29) is 18.2 Å². The molecule has 0 aromatic heterocycles. The van der Waals surface area contributed by atoms with Crippen LogP contribution in [0.25, 0.3) is 0 Å². The Hall–Kier alpha value is -3.22. The number of nitro groups is 1. The molecule has 2 rings (SSSR count). The number of benzene rings is 2. The van der Waals surface area contributed by atoms with Gasteiger partial charge >= 0.3 is 0 Å². The molecule has 0 unspecified atom stereocenters. The molecular weight excluding hydrogens is 334 g/mol. The van der Waals surface area contributed by atoms with Crippen LogP contribution in [-0.2, 0) is 11.2 Å². The average molecular weight is 355 g/mol. The Balaban J connectivity index is 1.90. The van der Waals surface area contributed by atoms with E-state index < -0.39 is 10.8 Å². The van der Waals surface area contributed by atoms with Crippen molar-refractivity contribution < 1.29 is 14.5 Å². The number of amides is 1. The van der Waals surface area contributed by atoms with Gasteiger partial charge in [0.1, 0.15) is 5.75 Å². The van der Waals surface area contributed by atoms with E-state index in [2.05, 4.69) is 17.5 Å². The predicted octanol–water partition coefficient (Wildman–Crippen LogP) is 3.46. The van der Waals surface area contributed by atoms with Crippen molar-refractivity contribution in [3.63, 3.8) is 0 Å². The van der Waals surface area contributed by atoms with E-state index in [4.69, 9.17) is 4.74 Å². The lowest BCUT2D eigenvalue weighted by atomic mass is 10.1. The second-order valence-electron chi connectivity index (χ2n) is 5.76. The zero-order chi connectivity index (χ0) is 18.9. The monoisotopic (exact) mass is 355 g/mol. The van der Waals surface area contributed by atoms with Crippen LogP contribution in [0.4, 0.5) is 5.69 Å². The molecule has 1 atom stereocenters. The molecule has 136 valence electrons. The molecule has 1 N–H and O–H groups in total. The van der Waals surface area contributed by atoms with Gasteiger partial charge in [0.15, 0.2) is 0 Å². The van der Waals surface area contributed by atoms with Gasteiger partial charge < -0.3 is 4.74 Å². The summed E-state index contributed by atoms with van der Waals surface area (Å²) in [6.45, 7) is 4.06. The van der Waals surface area contributed by atoms with Gasteiger partial charge in [-0.15, -0.1) is 0 Å². The molecule has 1 amide bonds. The number of para-hydroxylation sites is 1. The van der Waals surface area contributed by atoms with Gasteiger partial charge in [-0.25, -0.2) is 5.43 Å². The lowest BCUT2D eigenvalue weighted by Crippen LogP contribution is -2.20. The van der Waals surface area contributed by atoms with Crippen molar-refractivity contribution in [1.82, 2.24) is 5.43 Å². The summed E-state index contributed by atoms with van der Waals surface area (Å²) in [5.74, 6) is 0.351. The molecule has 0 saturated carbocycles. The predicted molar refractivity (Wildman–Crippen MR) is 99.4 cm³/mol. The van der Waals surface area contributed by atoms with Crippen LogP contribution in [0.3, 0.4) is 0 Å². The Kier molecular flexibility index (Phi) is 6.84. The maximum Gasteiger partial charge on any atom is 0.273 e. The zero-order valence-corrected chi connectivity index (χ0v) is 14.7. The van der Waals surface area contributed by atoms with E-state index in [1.54, 1.807) is 18.2 Å². The Bertz CT molecular complexity index is 788. The van der Waals surface area contributed by atoms with E-state index in [0.29, 0.717) is 5.56 Å². The van der Waals surface area contributed by atoms with Crippen LogP contribution in [0.2, 0.25) is 0 Å². The van der Waals surface area contributed by atoms with Gasteiger partial charge in [0.05, 0.1) is 23.7 Å². The fourth-order valence-corrected chi connectivity index (χ4v) is 2.18. The molecule has 0 aliphatic rings. The molecule has 2 aromatic rings. The molecule has 26 heavy (non-hydrogen) atoms. The average Bonchev–Trinajstić information content (AvgIpc) is 2.63. The van der Waals surface area contributed by atoms with Crippen LogP contribution in [0, 0.1) is 10.1 Å². The van der Waals surface area contributed by atoms with E-state index >= 15 is 0 Å². The Morgan fingerprint density at radius 1 is 1.27 bits per heavy atom. The van der Waals surface area contributed by atoms with Crippen molar-refractivity contribution >= 4 is 17.8 Å². The Morgan fingerprint density at radius 3 is 2.62 bits per heavy atom. The second kappa shape index (κ2) is 9.31. The van der Waals surface area contributed by atoms with Gasteiger partial charge in [-0.3, -0.25) is 14.9 Å². The summed E-state index contributed by atoms with van der Waals surface area (Å²) >= 11 is 0. The summed E-state index contributed by atoms with van der Waals surface area (Å²) in [5, 5.41) is 14.8. The van der Waals surface area contributed by atoms with Crippen molar-refractivity contribution in [2.75, 3.05) is 0 Å². The molecule has 0 bridgehead atoms. The molecule has 0 heterocycles. The minimum atomic E-state index is -0.505. The second-order valence-corrected chi connectivity index (χ2v) is 5.76. The number of carbonyl (C=O) groups excluding carboxylic acids is 1.